The lowest BCUT2D eigenvalue weighted by atomic mass is 10.4. The van der Waals surface area contributed by atoms with E-state index in [4.69, 9.17) is 10.6 Å². The van der Waals surface area contributed by atoms with Crippen molar-refractivity contribution >= 4 is 23.1 Å². The van der Waals surface area contributed by atoms with E-state index in [1.165, 1.54) is 23.6 Å². The average Bonchev–Trinajstić information content (AvgIpc) is 2.93. The number of nitrogen functional groups attached to an aromatic ring is 1. The first kappa shape index (κ1) is 13.9. The average molecular weight is 294 g/mol. The summed E-state index contributed by atoms with van der Waals surface area (Å²) in [6, 6.07) is 6.30. The normalized spacial score (nSPS) is 10.1. The lowest BCUT2D eigenvalue weighted by molar-refractivity contribution is -0.390. The predicted octanol–water partition coefficient (Wildman–Crippen LogP) is 1.23. The molecule has 8 nitrogen and oxygen atoms in total. The highest BCUT2D eigenvalue weighted by Gasteiger charge is 2.16. The molecular formula is C11H10N4O4S. The van der Waals surface area contributed by atoms with Gasteiger partial charge < -0.3 is 14.9 Å². The molecule has 2 aromatic heterocycles. The van der Waals surface area contributed by atoms with Crippen molar-refractivity contribution < 1.29 is 14.5 Å². The Kier molecular flexibility index (Phi) is 4.23. The number of nitro groups is 1. The van der Waals surface area contributed by atoms with Crippen molar-refractivity contribution in [3.8, 4) is 5.75 Å². The first-order valence-electron chi connectivity index (χ1n) is 5.43. The number of nitrogens with two attached hydrogens (primary N) is 1. The van der Waals surface area contributed by atoms with Crippen LogP contribution in [-0.2, 0) is 6.61 Å². The van der Waals surface area contributed by atoms with Crippen LogP contribution in [0.4, 0.5) is 5.82 Å². The molecule has 0 fully saturated rings. The fourth-order valence-corrected chi connectivity index (χ4v) is 2.25. The molecule has 0 radical (unpaired) electrons. The first-order chi connectivity index (χ1) is 9.61. The van der Waals surface area contributed by atoms with Crippen LogP contribution < -0.4 is 16.0 Å². The van der Waals surface area contributed by atoms with Crippen molar-refractivity contribution in [1.82, 2.24) is 10.4 Å². The van der Waals surface area contributed by atoms with Crippen LogP contribution in [0.15, 0.2) is 30.5 Å². The Morgan fingerprint density at radius 1 is 1.50 bits per heavy atom. The monoisotopic (exact) mass is 294 g/mol. The summed E-state index contributed by atoms with van der Waals surface area (Å²) in [5.74, 6) is 4.37. The van der Waals surface area contributed by atoms with Crippen molar-refractivity contribution in [3.63, 3.8) is 0 Å². The van der Waals surface area contributed by atoms with E-state index in [1.807, 2.05) is 5.43 Å². The molecule has 0 aliphatic heterocycles. The number of rotatable bonds is 5. The number of pyridine rings is 1. The van der Waals surface area contributed by atoms with Gasteiger partial charge in [0.25, 0.3) is 5.91 Å². The minimum atomic E-state index is -0.614. The Labute approximate surface area is 117 Å². The molecule has 0 atom stereocenters. The smallest absolute Gasteiger partial charge is 0.406 e. The number of nitrogens with zero attached hydrogens (tertiary/aromatic N) is 2. The number of hydrazine groups is 1. The van der Waals surface area contributed by atoms with E-state index in [0.717, 1.165) is 4.88 Å². The van der Waals surface area contributed by atoms with Gasteiger partial charge in [0.1, 0.15) is 12.8 Å². The highest BCUT2D eigenvalue weighted by molar-refractivity contribution is 7.14. The third-order valence-corrected chi connectivity index (χ3v) is 3.37. The van der Waals surface area contributed by atoms with Crippen LogP contribution in [0.2, 0.25) is 0 Å². The van der Waals surface area contributed by atoms with Gasteiger partial charge in [-0.05, 0) is 34.2 Å². The van der Waals surface area contributed by atoms with Gasteiger partial charge >= 0.3 is 5.82 Å². The number of thiophene rings is 1. The highest BCUT2D eigenvalue weighted by atomic mass is 32.1. The van der Waals surface area contributed by atoms with Crippen LogP contribution in [0.3, 0.4) is 0 Å². The molecule has 2 rings (SSSR count). The topological polar surface area (TPSA) is 120 Å². The van der Waals surface area contributed by atoms with Crippen molar-refractivity contribution in [2.45, 2.75) is 6.61 Å². The van der Waals surface area contributed by atoms with E-state index < -0.39 is 10.8 Å². The Bertz CT molecular complexity index is 643. The molecule has 0 unspecified atom stereocenters. The lowest BCUT2D eigenvalue weighted by Gasteiger charge is -2.04. The fraction of sp³-hybridized carbons (Fsp3) is 0.0909. The van der Waals surface area contributed by atoms with Gasteiger partial charge in [-0.15, -0.1) is 11.3 Å². The first-order valence-corrected chi connectivity index (χ1v) is 6.25. The molecule has 20 heavy (non-hydrogen) atoms. The van der Waals surface area contributed by atoms with Gasteiger partial charge in [0.05, 0.1) is 4.88 Å². The maximum atomic E-state index is 11.3. The van der Waals surface area contributed by atoms with E-state index in [-0.39, 0.29) is 18.2 Å². The van der Waals surface area contributed by atoms with E-state index in [9.17, 15) is 14.9 Å². The molecule has 2 aromatic rings. The predicted molar refractivity (Wildman–Crippen MR) is 71.2 cm³/mol. The summed E-state index contributed by atoms with van der Waals surface area (Å²) in [6.07, 6.45) is 1.32. The van der Waals surface area contributed by atoms with E-state index >= 15 is 0 Å². The van der Waals surface area contributed by atoms with Crippen LogP contribution in [0.1, 0.15) is 14.5 Å². The SMILES string of the molecule is NNC(=O)c1ccc(COc2cccnc2[N+](=O)[O-])s1. The van der Waals surface area contributed by atoms with Crippen molar-refractivity contribution in [2.75, 3.05) is 0 Å². The Hall–Kier alpha value is -2.52. The minimum Gasteiger partial charge on any atom is -0.480 e. The van der Waals surface area contributed by atoms with Crippen LogP contribution in [0.25, 0.3) is 0 Å². The fourth-order valence-electron chi connectivity index (χ4n) is 1.43. The quantitative estimate of drug-likeness (QED) is 0.370. The molecule has 0 aliphatic carbocycles. The van der Waals surface area contributed by atoms with E-state index in [0.29, 0.717) is 4.88 Å². The molecule has 0 bridgehead atoms. The number of carbonyl (C=O) groups excluding carboxylic acids is 1. The summed E-state index contributed by atoms with van der Waals surface area (Å²) in [5, 5.41) is 10.8. The zero-order valence-corrected chi connectivity index (χ0v) is 10.9. The van der Waals surface area contributed by atoms with Crippen molar-refractivity contribution in [2.24, 2.45) is 5.84 Å². The van der Waals surface area contributed by atoms with Gasteiger partial charge in [0.15, 0.2) is 0 Å². The van der Waals surface area contributed by atoms with E-state index in [1.54, 1.807) is 18.2 Å². The van der Waals surface area contributed by atoms with Crippen LogP contribution in [0.5, 0.6) is 5.75 Å². The van der Waals surface area contributed by atoms with Gasteiger partial charge in [-0.1, -0.05) is 0 Å². The molecule has 2 heterocycles. The van der Waals surface area contributed by atoms with Crippen molar-refractivity contribution in [3.05, 3.63) is 50.3 Å². The molecule has 9 heteroatoms. The maximum Gasteiger partial charge on any atom is 0.406 e. The summed E-state index contributed by atoms with van der Waals surface area (Å²) in [7, 11) is 0. The third-order valence-electron chi connectivity index (χ3n) is 2.31. The maximum absolute atomic E-state index is 11.3. The number of aromatic nitrogens is 1. The van der Waals surface area contributed by atoms with E-state index in [2.05, 4.69) is 4.98 Å². The summed E-state index contributed by atoms with van der Waals surface area (Å²) >= 11 is 1.19. The molecule has 0 aliphatic rings. The van der Waals surface area contributed by atoms with Crippen LogP contribution in [-0.4, -0.2) is 15.8 Å². The highest BCUT2D eigenvalue weighted by Crippen LogP contribution is 2.25. The lowest BCUT2D eigenvalue weighted by Crippen LogP contribution is -2.29. The van der Waals surface area contributed by atoms with Crippen LogP contribution >= 0.6 is 11.3 Å². The number of hydrogen-bond donors (Lipinski definition) is 2. The molecular weight excluding hydrogens is 284 g/mol. The van der Waals surface area contributed by atoms with Gasteiger partial charge in [0.2, 0.25) is 5.75 Å². The second kappa shape index (κ2) is 6.08. The van der Waals surface area contributed by atoms with Gasteiger partial charge in [-0.3, -0.25) is 10.2 Å². The Morgan fingerprint density at radius 3 is 3.00 bits per heavy atom. The third kappa shape index (κ3) is 3.08. The molecule has 0 saturated heterocycles. The largest absolute Gasteiger partial charge is 0.480 e. The second-order valence-electron chi connectivity index (χ2n) is 3.61. The molecule has 0 aromatic carbocycles. The molecule has 0 spiro atoms. The number of hydrogen-bond acceptors (Lipinski definition) is 7. The van der Waals surface area contributed by atoms with Gasteiger partial charge in [-0.2, -0.15) is 0 Å². The standard InChI is InChI=1S/C11H10N4O4S/c12-14-11(16)9-4-3-7(20-9)6-19-8-2-1-5-13-10(8)15(17)18/h1-5H,6,12H2,(H,14,16). The molecule has 104 valence electrons. The van der Waals surface area contributed by atoms with Gasteiger partial charge in [-0.25, -0.2) is 5.84 Å². The van der Waals surface area contributed by atoms with Gasteiger partial charge in [0, 0.05) is 4.88 Å². The summed E-state index contributed by atoms with van der Waals surface area (Å²) < 4.78 is 5.35. The number of amides is 1. The summed E-state index contributed by atoms with van der Waals surface area (Å²) in [6.45, 7) is 0.106. The van der Waals surface area contributed by atoms with Crippen LogP contribution in [0, 0.1) is 10.1 Å². The summed E-state index contributed by atoms with van der Waals surface area (Å²) in [4.78, 5) is 26.2. The molecule has 0 saturated carbocycles. The Balaban J connectivity index is 2.07. The van der Waals surface area contributed by atoms with Crippen molar-refractivity contribution in [1.29, 1.82) is 0 Å². The number of carbonyl (C=O) groups is 1. The Morgan fingerprint density at radius 2 is 2.30 bits per heavy atom. The second-order valence-corrected chi connectivity index (χ2v) is 4.78. The molecule has 3 N–H and O–H groups in total. The zero-order valence-electron chi connectivity index (χ0n) is 10.1. The minimum absolute atomic E-state index is 0.0794. The number of nitrogens with one attached hydrogen (secondary N) is 1. The summed E-state index contributed by atoms with van der Waals surface area (Å²) in [5.41, 5.74) is 2.02. The zero-order chi connectivity index (χ0) is 14.5. The molecule has 1 amide bonds. The number of ether oxygens (including phenoxy) is 1.